The van der Waals surface area contributed by atoms with Gasteiger partial charge in [-0.15, -0.1) is 6.58 Å². The minimum atomic E-state index is 0.366. The lowest BCUT2D eigenvalue weighted by Gasteiger charge is -2.30. The summed E-state index contributed by atoms with van der Waals surface area (Å²) in [5.74, 6) is 1.14. The molecule has 0 aromatic carbocycles. The first kappa shape index (κ1) is 9.30. The van der Waals surface area contributed by atoms with Crippen molar-refractivity contribution in [3.05, 3.63) is 12.7 Å². The summed E-state index contributed by atoms with van der Waals surface area (Å²) in [6.07, 6.45) is 1.99. The second kappa shape index (κ2) is 3.30. The van der Waals surface area contributed by atoms with Gasteiger partial charge in [0.05, 0.1) is 17.9 Å². The van der Waals surface area contributed by atoms with Gasteiger partial charge in [0.1, 0.15) is 0 Å². The van der Waals surface area contributed by atoms with Gasteiger partial charge in [0, 0.05) is 6.04 Å². The summed E-state index contributed by atoms with van der Waals surface area (Å²) in [7, 11) is 0. The van der Waals surface area contributed by atoms with E-state index in [1.54, 1.807) is 0 Å². The van der Waals surface area contributed by atoms with Crippen LogP contribution in [0.3, 0.4) is 0 Å². The van der Waals surface area contributed by atoms with Gasteiger partial charge in [0.15, 0.2) is 0 Å². The SMILES string of the molecule is C=CC1C(C)N=C(C)N1C(C)C. The molecule has 2 atom stereocenters. The summed E-state index contributed by atoms with van der Waals surface area (Å²) in [4.78, 5) is 6.83. The van der Waals surface area contributed by atoms with Gasteiger partial charge < -0.3 is 4.90 Å². The average Bonchev–Trinajstić information content (AvgIpc) is 2.24. The maximum atomic E-state index is 4.52. The predicted molar refractivity (Wildman–Crippen MR) is 53.5 cm³/mol. The van der Waals surface area contributed by atoms with Crippen LogP contribution in [0.2, 0.25) is 0 Å². The molecule has 1 rings (SSSR count). The minimum Gasteiger partial charge on any atom is -0.350 e. The van der Waals surface area contributed by atoms with Crippen molar-refractivity contribution < 1.29 is 0 Å². The van der Waals surface area contributed by atoms with Crippen LogP contribution in [0.15, 0.2) is 17.6 Å². The molecule has 0 aromatic rings. The Bertz CT molecular complexity index is 206. The number of amidine groups is 1. The fourth-order valence-electron chi connectivity index (χ4n) is 1.91. The normalized spacial score (nSPS) is 29.4. The summed E-state index contributed by atoms with van der Waals surface area (Å²) < 4.78 is 0. The molecular weight excluding hydrogens is 148 g/mol. The number of nitrogens with zero attached hydrogens (tertiary/aromatic N) is 2. The molecule has 1 aliphatic heterocycles. The second-order valence-electron chi connectivity index (χ2n) is 3.64. The third-order valence-electron chi connectivity index (χ3n) is 2.38. The Morgan fingerprint density at radius 3 is 2.50 bits per heavy atom. The molecule has 0 saturated carbocycles. The van der Waals surface area contributed by atoms with Gasteiger partial charge in [-0.2, -0.15) is 0 Å². The Kier molecular flexibility index (Phi) is 2.55. The quantitative estimate of drug-likeness (QED) is 0.573. The molecular formula is C10H18N2. The van der Waals surface area contributed by atoms with E-state index in [1.807, 2.05) is 6.08 Å². The molecule has 12 heavy (non-hydrogen) atoms. The lowest BCUT2D eigenvalue weighted by molar-refractivity contribution is 0.303. The molecule has 0 bridgehead atoms. The Hall–Kier alpha value is -0.790. The van der Waals surface area contributed by atoms with Crippen LogP contribution in [0.25, 0.3) is 0 Å². The van der Waals surface area contributed by atoms with Gasteiger partial charge in [0.25, 0.3) is 0 Å². The molecule has 0 aliphatic carbocycles. The monoisotopic (exact) mass is 166 g/mol. The zero-order valence-corrected chi connectivity index (χ0v) is 8.41. The smallest absolute Gasteiger partial charge is 0.0969 e. The van der Waals surface area contributed by atoms with E-state index in [4.69, 9.17) is 0 Å². The number of aliphatic imine (C=N–C) groups is 1. The fraction of sp³-hybridized carbons (Fsp3) is 0.700. The summed E-state index contributed by atoms with van der Waals surface area (Å²) in [5, 5.41) is 0. The third-order valence-corrected chi connectivity index (χ3v) is 2.38. The summed E-state index contributed by atoms with van der Waals surface area (Å²) in [5.41, 5.74) is 0. The highest BCUT2D eigenvalue weighted by molar-refractivity contribution is 5.82. The zero-order chi connectivity index (χ0) is 9.30. The number of hydrogen-bond donors (Lipinski definition) is 0. The van der Waals surface area contributed by atoms with Crippen LogP contribution in [0.4, 0.5) is 0 Å². The van der Waals surface area contributed by atoms with Crippen molar-refractivity contribution in [1.82, 2.24) is 4.90 Å². The maximum absolute atomic E-state index is 4.52. The fourth-order valence-corrected chi connectivity index (χ4v) is 1.91. The van der Waals surface area contributed by atoms with E-state index in [9.17, 15) is 0 Å². The zero-order valence-electron chi connectivity index (χ0n) is 8.41. The lowest BCUT2D eigenvalue weighted by atomic mass is 10.1. The van der Waals surface area contributed by atoms with E-state index in [0.29, 0.717) is 18.1 Å². The second-order valence-corrected chi connectivity index (χ2v) is 3.64. The van der Waals surface area contributed by atoms with Crippen LogP contribution in [0.5, 0.6) is 0 Å². The van der Waals surface area contributed by atoms with Crippen molar-refractivity contribution in [2.75, 3.05) is 0 Å². The average molecular weight is 166 g/mol. The van der Waals surface area contributed by atoms with Crippen LogP contribution >= 0.6 is 0 Å². The van der Waals surface area contributed by atoms with Crippen LogP contribution in [-0.4, -0.2) is 28.9 Å². The standard InChI is InChI=1S/C10H18N2/c1-6-10-8(4)11-9(5)12(10)7(2)3/h6-8,10H,1H2,2-5H3. The van der Waals surface area contributed by atoms with E-state index in [0.717, 1.165) is 5.84 Å². The first-order valence-electron chi connectivity index (χ1n) is 4.53. The van der Waals surface area contributed by atoms with Gasteiger partial charge in [0.2, 0.25) is 0 Å². The highest BCUT2D eigenvalue weighted by atomic mass is 15.3. The summed E-state index contributed by atoms with van der Waals surface area (Å²) >= 11 is 0. The highest BCUT2D eigenvalue weighted by Gasteiger charge is 2.30. The predicted octanol–water partition coefficient (Wildman–Crippen LogP) is 2.07. The van der Waals surface area contributed by atoms with Crippen molar-refractivity contribution >= 4 is 5.84 Å². The Morgan fingerprint density at radius 2 is 2.17 bits per heavy atom. The van der Waals surface area contributed by atoms with E-state index < -0.39 is 0 Å². The molecule has 0 saturated heterocycles. The van der Waals surface area contributed by atoms with E-state index in [1.165, 1.54) is 0 Å². The van der Waals surface area contributed by atoms with E-state index in [2.05, 4.69) is 44.2 Å². The van der Waals surface area contributed by atoms with E-state index >= 15 is 0 Å². The summed E-state index contributed by atoms with van der Waals surface area (Å²) in [6.45, 7) is 12.4. The minimum absolute atomic E-state index is 0.366. The molecule has 2 nitrogen and oxygen atoms in total. The summed E-state index contributed by atoms with van der Waals surface area (Å²) in [6, 6.07) is 1.27. The van der Waals surface area contributed by atoms with Crippen molar-refractivity contribution in [2.24, 2.45) is 4.99 Å². The van der Waals surface area contributed by atoms with Gasteiger partial charge in [-0.25, -0.2) is 0 Å². The first-order chi connectivity index (χ1) is 5.57. The molecule has 0 amide bonds. The Morgan fingerprint density at radius 1 is 1.58 bits per heavy atom. The molecule has 0 aromatic heterocycles. The van der Waals surface area contributed by atoms with Crippen molar-refractivity contribution in [3.63, 3.8) is 0 Å². The van der Waals surface area contributed by atoms with Gasteiger partial charge >= 0.3 is 0 Å². The molecule has 0 N–H and O–H groups in total. The van der Waals surface area contributed by atoms with Crippen molar-refractivity contribution in [2.45, 2.75) is 45.8 Å². The number of rotatable bonds is 2. The van der Waals surface area contributed by atoms with Gasteiger partial charge in [-0.1, -0.05) is 6.08 Å². The van der Waals surface area contributed by atoms with Crippen LogP contribution in [0, 0.1) is 0 Å². The molecule has 1 aliphatic rings. The van der Waals surface area contributed by atoms with E-state index in [-0.39, 0.29) is 0 Å². The van der Waals surface area contributed by atoms with Crippen molar-refractivity contribution in [3.8, 4) is 0 Å². The molecule has 2 heteroatoms. The molecule has 1 heterocycles. The largest absolute Gasteiger partial charge is 0.350 e. The number of hydrogen-bond acceptors (Lipinski definition) is 2. The molecule has 68 valence electrons. The molecule has 0 radical (unpaired) electrons. The Labute approximate surface area is 75.0 Å². The first-order valence-corrected chi connectivity index (χ1v) is 4.53. The third kappa shape index (κ3) is 1.38. The molecule has 2 unspecified atom stereocenters. The van der Waals surface area contributed by atoms with Crippen LogP contribution < -0.4 is 0 Å². The van der Waals surface area contributed by atoms with Gasteiger partial charge in [-0.3, -0.25) is 4.99 Å². The topological polar surface area (TPSA) is 15.6 Å². The van der Waals surface area contributed by atoms with Gasteiger partial charge in [-0.05, 0) is 27.7 Å². The van der Waals surface area contributed by atoms with Crippen LogP contribution in [-0.2, 0) is 0 Å². The molecule has 0 spiro atoms. The lowest BCUT2D eigenvalue weighted by Crippen LogP contribution is -2.41. The maximum Gasteiger partial charge on any atom is 0.0969 e. The van der Waals surface area contributed by atoms with Crippen LogP contribution in [0.1, 0.15) is 27.7 Å². The molecule has 0 fully saturated rings. The van der Waals surface area contributed by atoms with Crippen molar-refractivity contribution in [1.29, 1.82) is 0 Å². The Balaban J connectivity index is 2.83. The highest BCUT2D eigenvalue weighted by Crippen LogP contribution is 2.20.